The maximum Gasteiger partial charge on any atom is 0.317 e. The molecule has 0 saturated heterocycles. The number of carboxylic acid groups (broad SMARTS) is 2. The second kappa shape index (κ2) is 6.91. The van der Waals surface area contributed by atoms with E-state index in [1.165, 1.54) is 6.07 Å². The number of hydrogen-bond acceptors (Lipinski definition) is 7. The number of carbonyl (C=O) groups excluding carboxylic acids is 1. The molecule has 1 unspecified atom stereocenters. The lowest BCUT2D eigenvalue weighted by Crippen LogP contribution is -2.41. The van der Waals surface area contributed by atoms with E-state index in [1.54, 1.807) is 0 Å². The molecule has 0 aliphatic carbocycles. The fourth-order valence-electron chi connectivity index (χ4n) is 2.28. The number of carbonyl (C=O) groups is 3. The number of rotatable bonds is 7. The third kappa shape index (κ3) is 3.95. The van der Waals surface area contributed by atoms with Gasteiger partial charge in [0.05, 0.1) is 29.3 Å². The van der Waals surface area contributed by atoms with Gasteiger partial charge < -0.3 is 26.2 Å². The molecule has 5 N–H and O–H groups in total. The zero-order chi connectivity index (χ0) is 17.9. The summed E-state index contributed by atoms with van der Waals surface area (Å²) in [5.74, 6) is -2.90. The molecule has 0 radical (unpaired) electrons. The predicted octanol–water partition coefficient (Wildman–Crippen LogP) is -0.0237. The standard InChI is InChI=1S/C13H14N4O7/c18-10(19)3-9-13(22)16-8-2-7(17(23)24)1-6(12(8)15-9)4-14-5-11(20)21/h1-2,9,14-15H,3-5H2,(H,16,22)(H,18,19)(H,20,21). The summed E-state index contributed by atoms with van der Waals surface area (Å²) in [4.78, 5) is 43.6. The number of nitro groups is 1. The summed E-state index contributed by atoms with van der Waals surface area (Å²) in [5, 5.41) is 36.2. The number of amides is 1. The van der Waals surface area contributed by atoms with E-state index in [4.69, 9.17) is 10.2 Å². The first-order valence-corrected chi connectivity index (χ1v) is 6.81. The van der Waals surface area contributed by atoms with E-state index in [1.807, 2.05) is 0 Å². The fraction of sp³-hybridized carbons (Fsp3) is 0.308. The molecule has 1 aromatic rings. The van der Waals surface area contributed by atoms with Crippen LogP contribution in [0.25, 0.3) is 0 Å². The number of nitro benzene ring substituents is 1. The lowest BCUT2D eigenvalue weighted by molar-refractivity contribution is -0.384. The van der Waals surface area contributed by atoms with Gasteiger partial charge in [-0.3, -0.25) is 24.5 Å². The Balaban J connectivity index is 2.35. The molecular weight excluding hydrogens is 324 g/mol. The van der Waals surface area contributed by atoms with Crippen molar-refractivity contribution in [3.8, 4) is 0 Å². The minimum atomic E-state index is -1.18. The summed E-state index contributed by atoms with van der Waals surface area (Å²) in [5.41, 5.74) is 0.530. The number of non-ortho nitro benzene ring substituents is 1. The topological polar surface area (TPSA) is 171 Å². The van der Waals surface area contributed by atoms with E-state index in [9.17, 15) is 24.5 Å². The minimum Gasteiger partial charge on any atom is -0.481 e. The second-order valence-electron chi connectivity index (χ2n) is 5.07. The Morgan fingerprint density at radius 3 is 2.58 bits per heavy atom. The molecule has 1 aromatic carbocycles. The summed E-state index contributed by atoms with van der Waals surface area (Å²) in [7, 11) is 0. The lowest BCUT2D eigenvalue weighted by Gasteiger charge is -2.27. The predicted molar refractivity (Wildman–Crippen MR) is 80.7 cm³/mol. The lowest BCUT2D eigenvalue weighted by atomic mass is 10.0. The highest BCUT2D eigenvalue weighted by atomic mass is 16.6. The Hall–Kier alpha value is -3.21. The fourth-order valence-corrected chi connectivity index (χ4v) is 2.28. The van der Waals surface area contributed by atoms with Crippen LogP contribution in [0, 0.1) is 10.1 Å². The number of nitrogens with zero attached hydrogens (tertiary/aromatic N) is 1. The van der Waals surface area contributed by atoms with Crippen molar-refractivity contribution in [3.63, 3.8) is 0 Å². The molecule has 0 spiro atoms. The molecule has 1 amide bonds. The molecule has 11 heteroatoms. The Kier molecular flexibility index (Phi) is 4.94. The first kappa shape index (κ1) is 17.1. The summed E-state index contributed by atoms with van der Waals surface area (Å²) in [6, 6.07) is 1.35. The van der Waals surface area contributed by atoms with E-state index in [2.05, 4.69) is 16.0 Å². The SMILES string of the molecule is O=C(O)CNCc1cc([N+](=O)[O-])cc2c1NC(CC(=O)O)C(=O)N2. The maximum absolute atomic E-state index is 11.9. The van der Waals surface area contributed by atoms with Gasteiger partial charge in [-0.15, -0.1) is 0 Å². The van der Waals surface area contributed by atoms with Crippen molar-refractivity contribution < 1.29 is 29.5 Å². The van der Waals surface area contributed by atoms with Gasteiger partial charge in [-0.2, -0.15) is 0 Å². The molecule has 128 valence electrons. The summed E-state index contributed by atoms with van der Waals surface area (Å²) in [6.45, 7) is -0.374. The van der Waals surface area contributed by atoms with Crippen LogP contribution in [0.5, 0.6) is 0 Å². The van der Waals surface area contributed by atoms with Gasteiger partial charge in [0.15, 0.2) is 0 Å². The van der Waals surface area contributed by atoms with Gasteiger partial charge in [0.25, 0.3) is 5.69 Å². The normalized spacial score (nSPS) is 15.8. The van der Waals surface area contributed by atoms with Crippen LogP contribution in [-0.4, -0.2) is 45.6 Å². The van der Waals surface area contributed by atoms with Gasteiger partial charge in [0.1, 0.15) is 6.04 Å². The number of nitrogens with one attached hydrogen (secondary N) is 3. The highest BCUT2D eigenvalue weighted by Crippen LogP contribution is 2.35. The van der Waals surface area contributed by atoms with E-state index in [0.717, 1.165) is 6.07 Å². The molecule has 0 saturated carbocycles. The first-order valence-electron chi connectivity index (χ1n) is 6.81. The number of hydrogen-bond donors (Lipinski definition) is 5. The Morgan fingerprint density at radius 1 is 1.29 bits per heavy atom. The van der Waals surface area contributed by atoms with Gasteiger partial charge in [0, 0.05) is 18.7 Å². The van der Waals surface area contributed by atoms with Crippen LogP contribution < -0.4 is 16.0 Å². The molecule has 24 heavy (non-hydrogen) atoms. The third-order valence-electron chi connectivity index (χ3n) is 3.28. The van der Waals surface area contributed by atoms with E-state index in [-0.39, 0.29) is 24.5 Å². The average Bonchev–Trinajstić information content (AvgIpc) is 2.47. The van der Waals surface area contributed by atoms with Crippen molar-refractivity contribution in [2.24, 2.45) is 0 Å². The minimum absolute atomic E-state index is 0.0149. The van der Waals surface area contributed by atoms with Gasteiger partial charge in [-0.1, -0.05) is 0 Å². The van der Waals surface area contributed by atoms with E-state index in [0.29, 0.717) is 11.3 Å². The van der Waals surface area contributed by atoms with Crippen LogP contribution in [-0.2, 0) is 20.9 Å². The highest BCUT2D eigenvalue weighted by molar-refractivity contribution is 6.05. The van der Waals surface area contributed by atoms with Crippen molar-refractivity contribution in [2.45, 2.75) is 19.0 Å². The number of benzene rings is 1. The van der Waals surface area contributed by atoms with Crippen LogP contribution in [0.15, 0.2) is 12.1 Å². The molecule has 11 nitrogen and oxygen atoms in total. The molecule has 0 fully saturated rings. The number of fused-ring (bicyclic) bond motifs is 1. The largest absolute Gasteiger partial charge is 0.481 e. The monoisotopic (exact) mass is 338 g/mol. The van der Waals surface area contributed by atoms with Gasteiger partial charge in [-0.25, -0.2) is 0 Å². The van der Waals surface area contributed by atoms with E-state index < -0.39 is 35.2 Å². The van der Waals surface area contributed by atoms with Crippen LogP contribution in [0.1, 0.15) is 12.0 Å². The van der Waals surface area contributed by atoms with Crippen LogP contribution in [0.3, 0.4) is 0 Å². The smallest absolute Gasteiger partial charge is 0.317 e. The molecule has 2 rings (SSSR count). The second-order valence-corrected chi connectivity index (χ2v) is 5.07. The van der Waals surface area contributed by atoms with Crippen molar-refractivity contribution >= 4 is 34.9 Å². The molecule has 1 aliphatic rings. The summed E-state index contributed by atoms with van der Waals surface area (Å²) in [6.07, 6.45) is -0.468. The number of carboxylic acids is 2. The molecule has 0 bridgehead atoms. The summed E-state index contributed by atoms with van der Waals surface area (Å²) < 4.78 is 0. The maximum atomic E-state index is 11.9. The van der Waals surface area contributed by atoms with Crippen molar-refractivity contribution in [2.75, 3.05) is 17.2 Å². The van der Waals surface area contributed by atoms with Gasteiger partial charge in [0.2, 0.25) is 5.91 Å². The quantitative estimate of drug-likeness (QED) is 0.338. The van der Waals surface area contributed by atoms with Crippen molar-refractivity contribution in [1.29, 1.82) is 0 Å². The van der Waals surface area contributed by atoms with Gasteiger partial charge in [-0.05, 0) is 5.56 Å². The van der Waals surface area contributed by atoms with Crippen LogP contribution >= 0.6 is 0 Å². The Bertz CT molecular complexity index is 719. The van der Waals surface area contributed by atoms with Gasteiger partial charge >= 0.3 is 11.9 Å². The highest BCUT2D eigenvalue weighted by Gasteiger charge is 2.30. The van der Waals surface area contributed by atoms with Crippen molar-refractivity contribution in [1.82, 2.24) is 5.32 Å². The molecular formula is C13H14N4O7. The summed E-state index contributed by atoms with van der Waals surface area (Å²) >= 11 is 0. The van der Waals surface area contributed by atoms with Crippen LogP contribution in [0.2, 0.25) is 0 Å². The Labute approximate surface area is 134 Å². The number of aliphatic carboxylic acids is 2. The average molecular weight is 338 g/mol. The third-order valence-corrected chi connectivity index (χ3v) is 3.28. The first-order chi connectivity index (χ1) is 11.3. The van der Waals surface area contributed by atoms with E-state index >= 15 is 0 Å². The Morgan fingerprint density at radius 2 is 2.00 bits per heavy atom. The van der Waals surface area contributed by atoms with Crippen LogP contribution in [0.4, 0.5) is 17.1 Å². The zero-order valence-corrected chi connectivity index (χ0v) is 12.2. The molecule has 1 heterocycles. The number of anilines is 2. The molecule has 0 aromatic heterocycles. The van der Waals surface area contributed by atoms with Crippen molar-refractivity contribution in [3.05, 3.63) is 27.8 Å². The molecule has 1 atom stereocenters. The zero-order valence-electron chi connectivity index (χ0n) is 12.2. The molecule has 1 aliphatic heterocycles.